The van der Waals surface area contributed by atoms with E-state index in [0.717, 1.165) is 6.42 Å². The SMILES string of the molecule is CC[C-]=O.[CH2-]CC.[CH3-].[U+2].[W]. The van der Waals surface area contributed by atoms with Gasteiger partial charge in [0.25, 0.3) is 0 Å². The molecule has 0 bridgehead atoms. The van der Waals surface area contributed by atoms with E-state index in [4.69, 9.17) is 4.79 Å². The predicted molar refractivity (Wildman–Crippen MR) is 38.0 cm³/mol. The second-order valence-electron chi connectivity index (χ2n) is 0.998. The summed E-state index contributed by atoms with van der Waals surface area (Å²) in [5.74, 6) is 0. The quantitative estimate of drug-likeness (QED) is 0.470. The first kappa shape index (κ1) is 30.1. The summed E-state index contributed by atoms with van der Waals surface area (Å²) in [4.78, 5) is 9.05. The number of carbonyl (C=O) groups excluding carboxylic acids is 1. The second-order valence-corrected chi connectivity index (χ2v) is 0.998. The molecule has 0 aromatic carbocycles. The molecule has 0 radical (unpaired) electrons. The molecule has 0 spiro atoms. The Labute approximate surface area is 103 Å². The van der Waals surface area contributed by atoms with E-state index in [2.05, 4.69) is 6.92 Å². The summed E-state index contributed by atoms with van der Waals surface area (Å²) < 4.78 is 0. The van der Waals surface area contributed by atoms with E-state index in [9.17, 15) is 0 Å². The fourth-order valence-electron chi connectivity index (χ4n) is 0. The van der Waals surface area contributed by atoms with Gasteiger partial charge in [-0.1, -0.05) is 13.8 Å². The molecule has 0 amide bonds. The molecule has 1 nitrogen and oxygen atoms in total. The molecular formula is C7H15OUW-. The van der Waals surface area contributed by atoms with Crippen LogP contribution < -0.4 is 0 Å². The third-order valence-corrected chi connectivity index (χ3v) is 0.144. The molecule has 10 heavy (non-hydrogen) atoms. The molecule has 60 valence electrons. The van der Waals surface area contributed by atoms with Crippen LogP contribution in [0, 0.1) is 45.5 Å². The Hall–Kier alpha value is 1.41. The van der Waals surface area contributed by atoms with Crippen LogP contribution in [0.15, 0.2) is 0 Å². The first-order valence-electron chi connectivity index (χ1n) is 2.47. The Balaban J connectivity index is -0.0000000131. The Bertz CT molecular complexity index is 34.8. The van der Waals surface area contributed by atoms with Crippen molar-refractivity contribution >= 4 is 6.29 Å². The molecule has 0 aliphatic rings. The van der Waals surface area contributed by atoms with E-state index >= 15 is 0 Å². The van der Waals surface area contributed by atoms with Crippen LogP contribution in [0.2, 0.25) is 0 Å². The van der Waals surface area contributed by atoms with Gasteiger partial charge in [-0.15, -0.1) is 0 Å². The van der Waals surface area contributed by atoms with Crippen molar-refractivity contribution in [1.82, 2.24) is 0 Å². The molecule has 0 saturated heterocycles. The summed E-state index contributed by atoms with van der Waals surface area (Å²) in [6, 6.07) is 0. The summed E-state index contributed by atoms with van der Waals surface area (Å²) in [5, 5.41) is 0. The Morgan fingerprint density at radius 3 is 1.50 bits per heavy atom. The molecule has 0 aliphatic carbocycles. The Kier molecular flexibility index (Phi) is 143. The van der Waals surface area contributed by atoms with E-state index < -0.39 is 0 Å². The van der Waals surface area contributed by atoms with Crippen LogP contribution in [0.5, 0.6) is 0 Å². The van der Waals surface area contributed by atoms with Crippen LogP contribution >= 0.6 is 0 Å². The third kappa shape index (κ3) is 115. The summed E-state index contributed by atoms with van der Waals surface area (Å²) in [6.45, 7) is 7.26. The van der Waals surface area contributed by atoms with E-state index in [1.165, 1.54) is 0 Å². The van der Waals surface area contributed by atoms with Crippen molar-refractivity contribution in [1.29, 1.82) is 0 Å². The van der Waals surface area contributed by atoms with Gasteiger partial charge in [0.05, 0.1) is 0 Å². The van der Waals surface area contributed by atoms with Crippen LogP contribution in [-0.4, -0.2) is 6.29 Å². The van der Waals surface area contributed by atoms with Crippen molar-refractivity contribution in [2.75, 3.05) is 0 Å². The first-order chi connectivity index (χ1) is 3.33. The van der Waals surface area contributed by atoms with Crippen molar-refractivity contribution in [3.8, 4) is 0 Å². The van der Waals surface area contributed by atoms with Gasteiger partial charge in [0.15, 0.2) is 0 Å². The van der Waals surface area contributed by atoms with Crippen LogP contribution in [0.1, 0.15) is 26.7 Å². The summed E-state index contributed by atoms with van der Waals surface area (Å²) in [5.41, 5.74) is 0. The monoisotopic (exact) mass is 537 g/mol. The van der Waals surface area contributed by atoms with Crippen molar-refractivity contribution < 1.29 is 57.0 Å². The van der Waals surface area contributed by atoms with Crippen LogP contribution in [0.3, 0.4) is 0 Å². The van der Waals surface area contributed by atoms with Gasteiger partial charge in [-0.05, 0) is 0 Å². The third-order valence-electron chi connectivity index (χ3n) is 0.144. The van der Waals surface area contributed by atoms with Crippen molar-refractivity contribution in [2.24, 2.45) is 0 Å². The Morgan fingerprint density at radius 1 is 1.40 bits per heavy atom. The molecule has 0 atom stereocenters. The molecule has 0 aromatic rings. The zero-order chi connectivity index (χ0) is 6.12. The molecule has 0 N–H and O–H groups in total. The zero-order valence-electron chi connectivity index (χ0n) is 6.94. The number of rotatable bonds is 1. The predicted octanol–water partition coefficient (Wildman–Crippen LogP) is 2.18. The average molecular weight is 537 g/mol. The van der Waals surface area contributed by atoms with Gasteiger partial charge in [0, 0.05) is 21.1 Å². The van der Waals surface area contributed by atoms with Crippen LogP contribution in [-0.2, 0) is 25.9 Å². The molecular weight excluding hydrogens is 522 g/mol. The van der Waals surface area contributed by atoms with E-state index in [0.29, 0.717) is 6.42 Å². The Morgan fingerprint density at radius 2 is 1.50 bits per heavy atom. The van der Waals surface area contributed by atoms with Crippen LogP contribution in [0.4, 0.5) is 0 Å². The van der Waals surface area contributed by atoms with Gasteiger partial charge in [-0.3, -0.25) is 6.29 Å². The minimum absolute atomic E-state index is 0. The van der Waals surface area contributed by atoms with Gasteiger partial charge < -0.3 is 19.1 Å². The molecule has 3 heteroatoms. The van der Waals surface area contributed by atoms with Gasteiger partial charge in [-0.25, -0.2) is 0 Å². The molecule has 0 fully saturated rings. The molecule has 0 rings (SSSR count). The maximum atomic E-state index is 9.05. The average Bonchev–Trinajstić information content (AvgIpc) is 1.69. The van der Waals surface area contributed by atoms with Gasteiger partial charge in [0.1, 0.15) is 0 Å². The minimum atomic E-state index is 0. The fraction of sp³-hybridized carbons (Fsp3) is 0.571. The standard InChI is InChI=1S/C3H5O.C3H7.CH3.U.W/c1-2-3-4;1-3-2;;;/h2H2,1H3;1,3H2,2H3;1H3;;/q3*-1;+2;. The smallest absolute Gasteiger partial charge is 0.542 e. The normalized spacial score (nSPS) is 4.30. The molecule has 0 unspecified atom stereocenters. The molecule has 0 aromatic heterocycles. The topological polar surface area (TPSA) is 17.1 Å². The zero-order valence-corrected chi connectivity index (χ0v) is 14.0. The number of hydrogen-bond acceptors (Lipinski definition) is 1. The second kappa shape index (κ2) is 47.4. The molecule has 0 heterocycles. The van der Waals surface area contributed by atoms with Crippen molar-refractivity contribution in [3.63, 3.8) is 0 Å². The minimum Gasteiger partial charge on any atom is -0.542 e. The van der Waals surface area contributed by atoms with E-state index in [1.807, 2.05) is 6.92 Å². The number of hydrogen-bond donors (Lipinski definition) is 0. The van der Waals surface area contributed by atoms with Gasteiger partial charge >= 0.3 is 31.1 Å². The van der Waals surface area contributed by atoms with Crippen LogP contribution in [0.25, 0.3) is 0 Å². The fourth-order valence-corrected chi connectivity index (χ4v) is 0. The summed E-state index contributed by atoms with van der Waals surface area (Å²) in [7, 11) is 0. The summed E-state index contributed by atoms with van der Waals surface area (Å²) >= 11 is 0. The van der Waals surface area contributed by atoms with Crippen molar-refractivity contribution in [2.45, 2.75) is 26.7 Å². The van der Waals surface area contributed by atoms with Crippen molar-refractivity contribution in [3.05, 3.63) is 14.4 Å². The molecule has 0 saturated carbocycles. The van der Waals surface area contributed by atoms with E-state index in [-0.39, 0.29) is 59.6 Å². The first-order valence-corrected chi connectivity index (χ1v) is 2.47. The largest absolute Gasteiger partial charge is 2.00 e. The van der Waals surface area contributed by atoms with Gasteiger partial charge in [-0.2, -0.15) is 12.8 Å². The maximum absolute atomic E-state index is 9.05. The molecule has 0 aliphatic heterocycles. The van der Waals surface area contributed by atoms with E-state index in [1.54, 1.807) is 13.2 Å². The summed E-state index contributed by atoms with van der Waals surface area (Å²) in [6.07, 6.45) is 3.19. The maximum Gasteiger partial charge on any atom is 2.00 e. The van der Waals surface area contributed by atoms with Gasteiger partial charge in [0.2, 0.25) is 0 Å².